The Morgan fingerprint density at radius 2 is 0.800 bits per heavy atom. The van der Waals surface area contributed by atoms with Gasteiger partial charge in [-0.25, -0.2) is 0 Å². The quantitative estimate of drug-likeness (QED) is 0.546. The predicted molar refractivity (Wildman–Crippen MR) is 30.6 cm³/mol. The Bertz CT molecular complexity index is 19.1. The van der Waals surface area contributed by atoms with Gasteiger partial charge < -0.3 is 0 Å². The molecule has 0 radical (unpaired) electrons. The van der Waals surface area contributed by atoms with Crippen LogP contribution in [0.1, 0.15) is 0 Å². The molecule has 0 atom stereocenters. The van der Waals surface area contributed by atoms with Crippen LogP contribution in [0.25, 0.3) is 0 Å². The molecule has 0 bridgehead atoms. The van der Waals surface area contributed by atoms with Crippen molar-refractivity contribution in [1.82, 2.24) is 0 Å². The molecule has 0 saturated heterocycles. The molecule has 34 valence electrons. The molecule has 0 aromatic carbocycles. The number of hydrogen-bond donors (Lipinski definition) is 0. The van der Waals surface area contributed by atoms with Crippen LogP contribution >= 0.6 is 39.8 Å². The Labute approximate surface area is 49.4 Å². The van der Waals surface area contributed by atoms with Crippen molar-refractivity contribution in [3.8, 4) is 0 Å². The molecule has 0 saturated carbocycles. The van der Waals surface area contributed by atoms with Gasteiger partial charge in [0, 0.05) is 0 Å². The van der Waals surface area contributed by atoms with Crippen molar-refractivity contribution in [2.75, 3.05) is 0 Å². The van der Waals surface area contributed by atoms with E-state index in [-0.39, 0.29) is 0 Å². The van der Waals surface area contributed by atoms with Crippen LogP contribution in [0.5, 0.6) is 0 Å². The van der Waals surface area contributed by atoms with Gasteiger partial charge in [0.25, 0.3) is 0 Å². The molecule has 0 aliphatic rings. The van der Waals surface area contributed by atoms with Gasteiger partial charge in [0.1, 0.15) is 0 Å². The predicted octanol–water partition coefficient (Wildman–Crippen LogP) is 2.11. The van der Waals surface area contributed by atoms with Crippen LogP contribution in [-0.2, 0) is 0 Å². The van der Waals surface area contributed by atoms with Gasteiger partial charge in [0.2, 0.25) is 0 Å². The van der Waals surface area contributed by atoms with Crippen LogP contribution < -0.4 is 0 Å². The molecule has 0 aliphatic heterocycles. The molecule has 0 rings (SSSR count). The van der Waals surface area contributed by atoms with Crippen molar-refractivity contribution in [3.05, 3.63) is 0 Å². The Morgan fingerprint density at radius 3 is 0.800 bits per heavy atom. The fourth-order valence-corrected chi connectivity index (χ4v) is 0. The van der Waals surface area contributed by atoms with E-state index in [1.807, 2.05) is 0 Å². The van der Waals surface area contributed by atoms with Crippen LogP contribution in [-0.4, -0.2) is 9.79 Å². The van der Waals surface area contributed by atoms with Crippen LogP contribution in [0.4, 0.5) is 0 Å². The van der Waals surface area contributed by atoms with Gasteiger partial charge in [0.05, 0.1) is 0 Å². The SMILES string of the molecule is Cl[AsH](Cl)(Cl)Cl. The number of halogens is 4. The third-order valence-corrected chi connectivity index (χ3v) is 0. The monoisotopic (exact) mass is 216 g/mol. The maximum atomic E-state index is 5.01. The van der Waals surface area contributed by atoms with E-state index in [0.29, 0.717) is 0 Å². The summed E-state index contributed by atoms with van der Waals surface area (Å²) < 4.78 is 0. The average Bonchev–Trinajstić information content (AvgIpc) is 0.722. The van der Waals surface area contributed by atoms with Gasteiger partial charge in [0.15, 0.2) is 0 Å². The van der Waals surface area contributed by atoms with E-state index in [4.69, 9.17) is 39.8 Å². The zero-order valence-corrected chi connectivity index (χ0v) is 7.13. The molecule has 0 aliphatic carbocycles. The van der Waals surface area contributed by atoms with Gasteiger partial charge in [-0.3, -0.25) is 0 Å². The third kappa shape index (κ3) is 26.8. The van der Waals surface area contributed by atoms with E-state index in [2.05, 4.69) is 0 Å². The fourth-order valence-electron chi connectivity index (χ4n) is 0. The van der Waals surface area contributed by atoms with Gasteiger partial charge in [-0.1, -0.05) is 0 Å². The zero-order valence-electron chi connectivity index (χ0n) is 2.01. The van der Waals surface area contributed by atoms with Crippen molar-refractivity contribution in [3.63, 3.8) is 0 Å². The second kappa shape index (κ2) is 2.14. The standard InChI is InChI=1S/AsCl4H/c2-1(3,4)5/h1H. The van der Waals surface area contributed by atoms with Gasteiger partial charge in [-0.15, -0.1) is 0 Å². The van der Waals surface area contributed by atoms with Crippen molar-refractivity contribution in [2.45, 2.75) is 0 Å². The normalized spacial score (nSPS) is 15.2. The van der Waals surface area contributed by atoms with Crippen molar-refractivity contribution >= 4 is 49.6 Å². The molecule has 0 unspecified atom stereocenters. The molecular weight excluding hydrogens is 217 g/mol. The van der Waals surface area contributed by atoms with Gasteiger partial charge in [-0.05, 0) is 0 Å². The topological polar surface area (TPSA) is 0 Å². The summed E-state index contributed by atoms with van der Waals surface area (Å²) >= 11 is 0. The average molecular weight is 218 g/mol. The second-order valence-electron chi connectivity index (χ2n) is 0.429. The minimum absolute atomic E-state index is 3.11. The molecule has 5 heavy (non-hydrogen) atoms. The minimum atomic E-state index is -3.11. The van der Waals surface area contributed by atoms with E-state index < -0.39 is 9.79 Å². The van der Waals surface area contributed by atoms with Crippen LogP contribution in [0.2, 0.25) is 0 Å². The molecule has 0 fully saturated rings. The molecule has 0 spiro atoms. The van der Waals surface area contributed by atoms with E-state index in [1.165, 1.54) is 0 Å². The molecule has 0 nitrogen and oxygen atoms in total. The molecule has 5 heteroatoms. The summed E-state index contributed by atoms with van der Waals surface area (Å²) in [5.74, 6) is 0. The molecule has 0 amide bonds. The third-order valence-electron chi connectivity index (χ3n) is 0. The van der Waals surface area contributed by atoms with Gasteiger partial charge in [-0.2, -0.15) is 0 Å². The number of hydrogen-bond acceptors (Lipinski definition) is 0. The van der Waals surface area contributed by atoms with Crippen LogP contribution in [0.3, 0.4) is 0 Å². The Kier molecular flexibility index (Phi) is 2.87. The van der Waals surface area contributed by atoms with Crippen molar-refractivity contribution < 1.29 is 0 Å². The first kappa shape index (κ1) is 6.72. The zero-order chi connectivity index (χ0) is 4.50. The van der Waals surface area contributed by atoms with Crippen LogP contribution in [0, 0.1) is 0 Å². The summed E-state index contributed by atoms with van der Waals surface area (Å²) in [6, 6.07) is 0. The van der Waals surface area contributed by atoms with Crippen molar-refractivity contribution in [1.29, 1.82) is 0 Å². The summed E-state index contributed by atoms with van der Waals surface area (Å²) in [5.41, 5.74) is 0. The first-order valence-electron chi connectivity index (χ1n) is 0.756. The van der Waals surface area contributed by atoms with E-state index in [9.17, 15) is 0 Å². The second-order valence-corrected chi connectivity index (χ2v) is 20.0. The first-order valence-corrected chi connectivity index (χ1v) is 11.8. The Hall–Kier alpha value is 1.72. The van der Waals surface area contributed by atoms with Crippen LogP contribution in [0.15, 0.2) is 0 Å². The van der Waals surface area contributed by atoms with E-state index >= 15 is 0 Å². The fraction of sp³-hybridized carbons (Fsp3) is 0. The Balaban J connectivity index is 3.02. The summed E-state index contributed by atoms with van der Waals surface area (Å²) in [6.07, 6.45) is 0. The van der Waals surface area contributed by atoms with Gasteiger partial charge >= 0.3 is 49.6 Å². The number of rotatable bonds is 0. The summed E-state index contributed by atoms with van der Waals surface area (Å²) in [7, 11) is 16.9. The van der Waals surface area contributed by atoms with Crippen molar-refractivity contribution in [2.24, 2.45) is 0 Å². The maximum absolute atomic E-state index is 5.01. The Morgan fingerprint density at radius 1 is 0.800 bits per heavy atom. The van der Waals surface area contributed by atoms with E-state index in [0.717, 1.165) is 0 Å². The summed E-state index contributed by atoms with van der Waals surface area (Å²) in [6.45, 7) is 0. The molecule has 0 heterocycles. The van der Waals surface area contributed by atoms with E-state index in [1.54, 1.807) is 0 Å². The molecular formula is HAsCl4. The summed E-state index contributed by atoms with van der Waals surface area (Å²) in [5, 5.41) is 0. The molecule has 0 aromatic heterocycles. The molecule has 0 N–H and O–H groups in total. The first-order chi connectivity index (χ1) is 2.00. The summed E-state index contributed by atoms with van der Waals surface area (Å²) in [4.78, 5) is 0. The molecule has 0 aromatic rings.